The van der Waals surface area contributed by atoms with Crippen molar-refractivity contribution in [2.24, 2.45) is 28.4 Å². The number of carbonyl (C=O) groups excluding carboxylic acids is 3. The summed E-state index contributed by atoms with van der Waals surface area (Å²) in [5.74, 6) is -0.998. The van der Waals surface area contributed by atoms with Gasteiger partial charge in [0.25, 0.3) is 0 Å². The Kier molecular flexibility index (Phi) is 5.89. The highest BCUT2D eigenvalue weighted by atomic mass is 32.2. The summed E-state index contributed by atoms with van der Waals surface area (Å²) >= 11 is 3.27. The van der Waals surface area contributed by atoms with Crippen molar-refractivity contribution in [1.82, 2.24) is 0 Å². The van der Waals surface area contributed by atoms with Crippen LogP contribution in [-0.2, 0) is 19.1 Å². The molecule has 4 rings (SSSR count). The van der Waals surface area contributed by atoms with Crippen molar-refractivity contribution in [3.05, 3.63) is 23.8 Å². The molecule has 0 saturated heterocycles. The van der Waals surface area contributed by atoms with Gasteiger partial charge in [0, 0.05) is 18.3 Å². The number of hydrogen-bond donors (Lipinski definition) is 1. The molecule has 176 valence electrons. The monoisotopic (exact) mass is 481 g/mol. The molecular weight excluding hydrogens is 449 g/mol. The highest BCUT2D eigenvalue weighted by Gasteiger charge is 2.74. The molecule has 0 spiro atoms. The first-order chi connectivity index (χ1) is 14.9. The Labute approximate surface area is 197 Å². The molecule has 1 unspecified atom stereocenters. The topological polar surface area (TPSA) is 86.5 Å². The van der Waals surface area contributed by atoms with E-state index in [-0.39, 0.29) is 38.8 Å². The lowest BCUT2D eigenvalue weighted by Gasteiger charge is -2.63. The third-order valence-electron chi connectivity index (χ3n) is 8.75. The maximum Gasteiger partial charge on any atom is 0.303 e. The Morgan fingerprint density at radius 1 is 1.28 bits per heavy atom. The van der Waals surface area contributed by atoms with Crippen LogP contribution in [0.15, 0.2) is 23.8 Å². The molecule has 0 aromatic heterocycles. The second-order valence-corrected chi connectivity index (χ2v) is 12.7. The van der Waals surface area contributed by atoms with E-state index in [0.717, 1.165) is 18.4 Å². The van der Waals surface area contributed by atoms with Crippen LogP contribution in [0.3, 0.4) is 0 Å². The normalized spacial score (nSPS) is 44.8. The molecule has 0 aromatic rings. The van der Waals surface area contributed by atoms with E-state index in [2.05, 4.69) is 6.92 Å². The number of rotatable bonds is 5. The number of halogens is 1. The summed E-state index contributed by atoms with van der Waals surface area (Å²) in [6.45, 7) is 5.36. The van der Waals surface area contributed by atoms with Crippen LogP contribution in [0.2, 0.25) is 0 Å². The summed E-state index contributed by atoms with van der Waals surface area (Å²) in [6, 6.07) is 0. The number of ether oxygens (including phenoxy) is 1. The maximum atomic E-state index is 17.6. The van der Waals surface area contributed by atoms with Crippen LogP contribution in [0, 0.1) is 22.7 Å². The summed E-state index contributed by atoms with van der Waals surface area (Å²) in [6.07, 6.45) is 9.18. The minimum atomic E-state index is -1.80. The highest BCUT2D eigenvalue weighted by Crippen LogP contribution is 2.74. The van der Waals surface area contributed by atoms with E-state index in [1.165, 1.54) is 13.0 Å². The van der Waals surface area contributed by atoms with Gasteiger partial charge in [0.15, 0.2) is 11.5 Å². The van der Waals surface area contributed by atoms with Gasteiger partial charge in [0.2, 0.25) is 5.91 Å². The number of amides is 1. The molecule has 8 heteroatoms. The average molecular weight is 482 g/mol. The number of esters is 1. The number of fused-ring (bicyclic) bond motifs is 5. The number of carbonyl (C=O) groups is 3. The Morgan fingerprint density at radius 2 is 2.00 bits per heavy atom. The van der Waals surface area contributed by atoms with Crippen molar-refractivity contribution in [3.63, 3.8) is 0 Å². The van der Waals surface area contributed by atoms with E-state index in [1.54, 1.807) is 35.7 Å². The van der Waals surface area contributed by atoms with Crippen LogP contribution in [-0.4, -0.2) is 45.5 Å². The maximum absolute atomic E-state index is 17.6. The first-order valence-electron chi connectivity index (χ1n) is 11.2. The van der Waals surface area contributed by atoms with Gasteiger partial charge in [0.1, 0.15) is 6.10 Å². The lowest BCUT2D eigenvalue weighted by atomic mass is 9.46. The number of hydrogen-bond acceptors (Lipinski definition) is 6. The molecule has 7 atom stereocenters. The molecule has 0 aliphatic heterocycles. The van der Waals surface area contributed by atoms with Crippen LogP contribution in [0.1, 0.15) is 52.9 Å². The highest BCUT2D eigenvalue weighted by molar-refractivity contribution is 8.18. The van der Waals surface area contributed by atoms with Crippen molar-refractivity contribution in [2.75, 3.05) is 12.0 Å². The second-order valence-electron chi connectivity index (χ2n) is 10.1. The van der Waals surface area contributed by atoms with Gasteiger partial charge in [-0.05, 0) is 68.8 Å². The Hall–Kier alpha value is -1.28. The number of thioether (sulfide) groups is 2. The Balaban J connectivity index is 1.82. The molecule has 32 heavy (non-hydrogen) atoms. The van der Waals surface area contributed by atoms with Crippen LogP contribution in [0.4, 0.5) is 4.39 Å². The number of ketones is 1. The quantitative estimate of drug-likeness (QED) is 0.468. The van der Waals surface area contributed by atoms with Gasteiger partial charge < -0.3 is 10.5 Å². The van der Waals surface area contributed by atoms with E-state index in [1.807, 2.05) is 13.2 Å². The third kappa shape index (κ3) is 3.15. The molecule has 5 nitrogen and oxygen atoms in total. The predicted molar refractivity (Wildman–Crippen MR) is 126 cm³/mol. The van der Waals surface area contributed by atoms with E-state index in [0.29, 0.717) is 19.3 Å². The minimum Gasteiger partial charge on any atom is -0.459 e. The molecule has 1 amide bonds. The van der Waals surface area contributed by atoms with Crippen molar-refractivity contribution >= 4 is 41.2 Å². The van der Waals surface area contributed by atoms with Gasteiger partial charge in [-0.1, -0.05) is 18.6 Å². The summed E-state index contributed by atoms with van der Waals surface area (Å²) in [4.78, 5) is 35.8. The van der Waals surface area contributed by atoms with Gasteiger partial charge in [-0.25, -0.2) is 4.39 Å². The fourth-order valence-corrected chi connectivity index (χ4v) is 10.1. The van der Waals surface area contributed by atoms with Gasteiger partial charge in [-0.3, -0.25) is 14.4 Å². The average Bonchev–Trinajstić information content (AvgIpc) is 3.00. The zero-order valence-electron chi connectivity index (χ0n) is 19.1. The van der Waals surface area contributed by atoms with Crippen LogP contribution in [0.25, 0.3) is 0 Å². The van der Waals surface area contributed by atoms with E-state index >= 15 is 4.39 Å². The SMILES string of the molecule is CS[C@]1(SCC(N)=O)CC[C@H]2[C@@H]3CCC4=CC(=O)C=C[C@]4(C)C3(F)[C@@H](OC(C)=O)C[C@@]21C. The van der Waals surface area contributed by atoms with Crippen LogP contribution >= 0.6 is 23.5 Å². The summed E-state index contributed by atoms with van der Waals surface area (Å²) < 4.78 is 23.1. The zero-order valence-corrected chi connectivity index (χ0v) is 20.7. The summed E-state index contributed by atoms with van der Waals surface area (Å²) in [7, 11) is 0. The Bertz CT molecular complexity index is 922. The van der Waals surface area contributed by atoms with Crippen molar-refractivity contribution < 1.29 is 23.5 Å². The van der Waals surface area contributed by atoms with Crippen molar-refractivity contribution in [1.29, 1.82) is 0 Å². The summed E-state index contributed by atoms with van der Waals surface area (Å²) in [5, 5.41) is 0. The molecule has 0 heterocycles. The smallest absolute Gasteiger partial charge is 0.303 e. The number of nitrogens with two attached hydrogens (primary N) is 1. The van der Waals surface area contributed by atoms with Gasteiger partial charge in [-0.2, -0.15) is 0 Å². The van der Waals surface area contributed by atoms with Crippen molar-refractivity contribution in [3.8, 4) is 0 Å². The number of allylic oxidation sites excluding steroid dienone is 4. The predicted octanol–water partition coefficient (Wildman–Crippen LogP) is 4.21. The second kappa shape index (κ2) is 7.90. The molecule has 0 bridgehead atoms. The third-order valence-corrected chi connectivity index (χ3v) is 12.5. The molecule has 4 aliphatic carbocycles. The van der Waals surface area contributed by atoms with Gasteiger partial charge >= 0.3 is 5.97 Å². The van der Waals surface area contributed by atoms with E-state index in [9.17, 15) is 14.4 Å². The van der Waals surface area contributed by atoms with E-state index in [4.69, 9.17) is 10.5 Å². The molecule has 2 N–H and O–H groups in total. The first kappa shape index (κ1) is 23.9. The summed E-state index contributed by atoms with van der Waals surface area (Å²) in [5.41, 5.74) is 3.15. The number of alkyl halides is 1. The van der Waals surface area contributed by atoms with Crippen molar-refractivity contribution in [2.45, 2.75) is 68.7 Å². The first-order valence-corrected chi connectivity index (χ1v) is 13.4. The van der Waals surface area contributed by atoms with E-state index < -0.39 is 23.2 Å². The minimum absolute atomic E-state index is 0.0801. The Morgan fingerprint density at radius 3 is 2.62 bits per heavy atom. The van der Waals surface area contributed by atoms with Crippen LogP contribution < -0.4 is 5.73 Å². The number of primary amides is 1. The molecule has 0 aromatic carbocycles. The largest absolute Gasteiger partial charge is 0.459 e. The van der Waals surface area contributed by atoms with Gasteiger partial charge in [-0.15, -0.1) is 23.5 Å². The fraction of sp³-hybridized carbons (Fsp3) is 0.708. The molecule has 3 saturated carbocycles. The molecule has 4 aliphatic rings. The molecule has 0 radical (unpaired) electrons. The van der Waals surface area contributed by atoms with Gasteiger partial charge in [0.05, 0.1) is 9.83 Å². The van der Waals surface area contributed by atoms with Crippen LogP contribution in [0.5, 0.6) is 0 Å². The lowest BCUT2D eigenvalue weighted by Crippen LogP contribution is -2.68. The lowest BCUT2D eigenvalue weighted by molar-refractivity contribution is -0.209. The molecular formula is C24H32FNO4S2. The fourth-order valence-electron chi connectivity index (χ4n) is 7.27. The zero-order chi connectivity index (χ0) is 23.5. The molecule has 3 fully saturated rings. The standard InChI is InChI=1S/C24H32FNO4S2/c1-14(27)30-19-12-22(3)17(8-10-23(22,31-4)32-13-20(26)29)18-6-5-15-11-16(28)7-9-21(15,2)24(18,19)25/h7,9,11,17-19H,5-6,8,10,12-13H2,1-4H3,(H2,26,29)/t17-,18-,19-,21-,22-,23-,24?/m0/s1.